The van der Waals surface area contributed by atoms with Gasteiger partial charge in [-0.1, -0.05) is 0 Å². The minimum atomic E-state index is -0.673. The largest absolute Gasteiger partial charge is 0.350 e. The molecule has 1 aromatic rings. The highest BCUT2D eigenvalue weighted by Crippen LogP contribution is 2.07. The Labute approximate surface area is 73.3 Å². The summed E-state index contributed by atoms with van der Waals surface area (Å²) in [6.45, 7) is 1.86. The Morgan fingerprint density at radius 1 is 1.92 bits per heavy atom. The summed E-state index contributed by atoms with van der Waals surface area (Å²) in [6.07, 6.45) is 1.51. The van der Waals surface area contributed by atoms with Crippen LogP contribution in [0.15, 0.2) is 10.6 Å². The molecular weight excluding hydrogens is 176 g/mol. The predicted octanol–water partition coefficient (Wildman–Crippen LogP) is 0.454. The van der Waals surface area contributed by atoms with E-state index in [9.17, 15) is 4.79 Å². The zero-order valence-electron chi connectivity index (χ0n) is 6.44. The molecule has 0 radical (unpaired) electrons. The number of carbonyl (C=O) groups excluding carboxylic acids is 1. The van der Waals surface area contributed by atoms with Crippen molar-refractivity contribution < 1.29 is 4.79 Å². The molecule has 0 bridgehead atoms. The predicted molar refractivity (Wildman–Crippen MR) is 47.2 cm³/mol. The Balaban J connectivity index is 2.57. The highest BCUT2D eigenvalue weighted by molar-refractivity contribution is 7.11. The average Bonchev–Trinajstić information content (AvgIpc) is 2.36. The van der Waals surface area contributed by atoms with Gasteiger partial charge in [-0.3, -0.25) is 0 Å². The van der Waals surface area contributed by atoms with Crippen molar-refractivity contribution in [2.45, 2.75) is 6.92 Å². The average molecular weight is 184 g/mol. The van der Waals surface area contributed by atoms with Crippen molar-refractivity contribution in [3.8, 4) is 0 Å². The number of aromatic nitrogens is 1. The summed E-state index contributed by atoms with van der Waals surface area (Å²) in [4.78, 5) is 15.1. The molecule has 12 heavy (non-hydrogen) atoms. The summed E-state index contributed by atoms with van der Waals surface area (Å²) in [5.41, 5.74) is 9.49. The molecule has 0 saturated heterocycles. The number of thiazole rings is 1. The third-order valence-electron chi connectivity index (χ3n) is 1.14. The molecule has 0 aliphatic carbocycles. The van der Waals surface area contributed by atoms with E-state index in [4.69, 9.17) is 5.73 Å². The van der Waals surface area contributed by atoms with Gasteiger partial charge in [0, 0.05) is 0 Å². The normalized spacial score (nSPS) is 10.4. The summed E-state index contributed by atoms with van der Waals surface area (Å²) >= 11 is 1.45. The Hall–Kier alpha value is -1.43. The van der Waals surface area contributed by atoms with Crippen molar-refractivity contribution in [3.05, 3.63) is 16.1 Å². The third kappa shape index (κ3) is 2.31. The lowest BCUT2D eigenvalue weighted by molar-refractivity contribution is 0.249. The van der Waals surface area contributed by atoms with Gasteiger partial charge in [0.1, 0.15) is 0 Å². The first-order chi connectivity index (χ1) is 5.70. The number of hydrogen-bond acceptors (Lipinski definition) is 4. The molecule has 0 atom stereocenters. The quantitative estimate of drug-likeness (QED) is 0.517. The molecule has 1 rings (SSSR count). The lowest BCUT2D eigenvalue weighted by atomic mass is 10.4. The molecule has 0 unspecified atom stereocenters. The first kappa shape index (κ1) is 8.66. The van der Waals surface area contributed by atoms with E-state index in [1.807, 2.05) is 6.92 Å². The van der Waals surface area contributed by atoms with Crippen molar-refractivity contribution in [3.63, 3.8) is 0 Å². The van der Waals surface area contributed by atoms with Crippen molar-refractivity contribution in [2.75, 3.05) is 0 Å². The standard InChI is InChI=1S/C6H8N4OS/c1-4-5(12-3-8-4)2-9-10-6(7)11/h2-3H,1H3,(H3,7,10,11)/b9-2+. The van der Waals surface area contributed by atoms with Crippen LogP contribution in [-0.2, 0) is 0 Å². The Kier molecular flexibility index (Phi) is 2.76. The first-order valence-electron chi connectivity index (χ1n) is 3.18. The van der Waals surface area contributed by atoms with Gasteiger partial charge in [-0.15, -0.1) is 11.3 Å². The molecule has 0 aliphatic rings. The van der Waals surface area contributed by atoms with Gasteiger partial charge in [0.15, 0.2) is 0 Å². The zero-order valence-corrected chi connectivity index (χ0v) is 7.26. The van der Waals surface area contributed by atoms with Crippen LogP contribution < -0.4 is 11.2 Å². The fraction of sp³-hybridized carbons (Fsp3) is 0.167. The van der Waals surface area contributed by atoms with Crippen LogP contribution in [0.4, 0.5) is 4.79 Å². The van der Waals surface area contributed by atoms with Crippen LogP contribution in [0.2, 0.25) is 0 Å². The number of nitrogens with one attached hydrogen (secondary N) is 1. The topological polar surface area (TPSA) is 80.4 Å². The molecule has 1 heterocycles. The van der Waals surface area contributed by atoms with Crippen LogP contribution in [-0.4, -0.2) is 17.2 Å². The minimum absolute atomic E-state index is 0.673. The number of urea groups is 1. The van der Waals surface area contributed by atoms with Crippen molar-refractivity contribution in [1.82, 2.24) is 10.4 Å². The summed E-state index contributed by atoms with van der Waals surface area (Å²) in [5, 5.41) is 3.60. The van der Waals surface area contributed by atoms with Crippen molar-refractivity contribution in [2.24, 2.45) is 10.8 Å². The van der Waals surface area contributed by atoms with Crippen molar-refractivity contribution >= 4 is 23.6 Å². The molecular formula is C6H8N4OS. The second-order valence-corrected chi connectivity index (χ2v) is 2.92. The van der Waals surface area contributed by atoms with Gasteiger partial charge in [0.2, 0.25) is 0 Å². The van der Waals surface area contributed by atoms with Crippen LogP contribution in [0.3, 0.4) is 0 Å². The van der Waals surface area contributed by atoms with E-state index in [1.54, 1.807) is 5.51 Å². The number of rotatable bonds is 2. The number of primary amides is 1. The van der Waals surface area contributed by atoms with Crippen LogP contribution in [0.1, 0.15) is 10.6 Å². The molecule has 0 fully saturated rings. The van der Waals surface area contributed by atoms with E-state index in [2.05, 4.69) is 15.5 Å². The lowest BCUT2D eigenvalue weighted by Crippen LogP contribution is -2.24. The molecule has 6 heteroatoms. The molecule has 0 aromatic carbocycles. The summed E-state index contributed by atoms with van der Waals surface area (Å²) in [7, 11) is 0. The van der Waals surface area contributed by atoms with E-state index in [0.717, 1.165) is 10.6 Å². The third-order valence-corrected chi connectivity index (χ3v) is 2.00. The van der Waals surface area contributed by atoms with Gasteiger partial charge < -0.3 is 5.73 Å². The summed E-state index contributed by atoms with van der Waals surface area (Å²) in [5.74, 6) is 0. The fourth-order valence-corrected chi connectivity index (χ4v) is 1.25. The van der Waals surface area contributed by atoms with Gasteiger partial charge >= 0.3 is 6.03 Å². The number of nitrogens with two attached hydrogens (primary N) is 1. The van der Waals surface area contributed by atoms with E-state index in [-0.39, 0.29) is 0 Å². The highest BCUT2D eigenvalue weighted by atomic mass is 32.1. The molecule has 2 amide bonds. The highest BCUT2D eigenvalue weighted by Gasteiger charge is 1.95. The second-order valence-electron chi connectivity index (χ2n) is 2.04. The lowest BCUT2D eigenvalue weighted by Gasteiger charge is -1.89. The van der Waals surface area contributed by atoms with Gasteiger partial charge in [0.25, 0.3) is 0 Å². The van der Waals surface area contributed by atoms with Gasteiger partial charge in [-0.25, -0.2) is 15.2 Å². The maximum atomic E-state index is 10.2. The molecule has 5 nitrogen and oxygen atoms in total. The maximum Gasteiger partial charge on any atom is 0.332 e. The number of hydrazone groups is 1. The van der Waals surface area contributed by atoms with Crippen LogP contribution in [0.25, 0.3) is 0 Å². The molecule has 1 aromatic heterocycles. The number of hydrogen-bond donors (Lipinski definition) is 2. The Morgan fingerprint density at radius 2 is 2.67 bits per heavy atom. The Morgan fingerprint density at radius 3 is 3.17 bits per heavy atom. The molecule has 64 valence electrons. The number of aryl methyl sites for hydroxylation is 1. The smallest absolute Gasteiger partial charge is 0.332 e. The molecule has 0 spiro atoms. The first-order valence-corrected chi connectivity index (χ1v) is 4.06. The zero-order chi connectivity index (χ0) is 8.97. The molecule has 3 N–H and O–H groups in total. The minimum Gasteiger partial charge on any atom is -0.350 e. The Bertz CT molecular complexity index is 306. The number of nitrogens with zero attached hydrogens (tertiary/aromatic N) is 2. The van der Waals surface area contributed by atoms with E-state index in [1.165, 1.54) is 17.6 Å². The van der Waals surface area contributed by atoms with Crippen LogP contribution >= 0.6 is 11.3 Å². The molecule has 0 aliphatic heterocycles. The van der Waals surface area contributed by atoms with Gasteiger partial charge in [-0.05, 0) is 6.92 Å². The monoisotopic (exact) mass is 184 g/mol. The summed E-state index contributed by atoms with van der Waals surface area (Å²) < 4.78 is 0. The van der Waals surface area contributed by atoms with Gasteiger partial charge in [-0.2, -0.15) is 5.10 Å². The van der Waals surface area contributed by atoms with E-state index in [0.29, 0.717) is 0 Å². The molecule has 0 saturated carbocycles. The van der Waals surface area contributed by atoms with E-state index >= 15 is 0 Å². The second kappa shape index (κ2) is 3.82. The maximum absolute atomic E-state index is 10.2. The van der Waals surface area contributed by atoms with Gasteiger partial charge in [0.05, 0.1) is 22.3 Å². The van der Waals surface area contributed by atoms with Crippen molar-refractivity contribution in [1.29, 1.82) is 0 Å². The van der Waals surface area contributed by atoms with E-state index < -0.39 is 6.03 Å². The van der Waals surface area contributed by atoms with Crippen LogP contribution in [0.5, 0.6) is 0 Å². The fourth-order valence-electron chi connectivity index (χ4n) is 0.589. The summed E-state index contributed by atoms with van der Waals surface area (Å²) in [6, 6.07) is -0.673. The number of amides is 2. The number of carbonyl (C=O) groups is 1. The SMILES string of the molecule is Cc1ncsc1/C=N/NC(N)=O. The van der Waals surface area contributed by atoms with Crippen LogP contribution in [0, 0.1) is 6.92 Å².